The first-order valence-corrected chi connectivity index (χ1v) is 11.1. The molecule has 3 heterocycles. The number of ether oxygens (including phenoxy) is 1. The van der Waals surface area contributed by atoms with Crippen LogP contribution in [0, 0.1) is 6.92 Å². The summed E-state index contributed by atoms with van der Waals surface area (Å²) in [4.78, 5) is 16.1. The van der Waals surface area contributed by atoms with E-state index in [2.05, 4.69) is 22.6 Å². The Morgan fingerprint density at radius 2 is 1.97 bits per heavy atom. The Morgan fingerprint density at radius 3 is 2.53 bits per heavy atom. The number of carboxylic acid groups (broad SMARTS) is 1. The second kappa shape index (κ2) is 10.4. The van der Waals surface area contributed by atoms with Crippen molar-refractivity contribution in [2.75, 3.05) is 25.2 Å². The number of anilines is 1. The minimum absolute atomic E-state index is 0.367. The fraction of sp³-hybridized carbons (Fsp3) is 0.409. The second-order valence-electron chi connectivity index (χ2n) is 7.69. The lowest BCUT2D eigenvalue weighted by atomic mass is 10.1. The number of aliphatic carboxylic acids is 1. The molecule has 3 aromatic rings. The molecular formula is C22H23Cl2F3N4O3. The number of alkyl halides is 3. The third-order valence-corrected chi connectivity index (χ3v) is 5.92. The summed E-state index contributed by atoms with van der Waals surface area (Å²) in [5.41, 5.74) is 5.72. The third-order valence-electron chi connectivity index (χ3n) is 5.37. The number of aryl methyl sites for hydroxylation is 1. The summed E-state index contributed by atoms with van der Waals surface area (Å²) < 4.78 is 39.2. The van der Waals surface area contributed by atoms with Crippen LogP contribution in [0.25, 0.3) is 22.3 Å². The van der Waals surface area contributed by atoms with Crippen molar-refractivity contribution in [3.05, 3.63) is 40.0 Å². The van der Waals surface area contributed by atoms with Crippen LogP contribution in [-0.2, 0) is 16.1 Å². The van der Waals surface area contributed by atoms with Gasteiger partial charge >= 0.3 is 12.1 Å². The van der Waals surface area contributed by atoms with E-state index in [1.165, 1.54) is 0 Å². The quantitative estimate of drug-likeness (QED) is 0.474. The lowest BCUT2D eigenvalue weighted by Crippen LogP contribution is -2.43. The predicted octanol–water partition coefficient (Wildman–Crippen LogP) is 5.59. The Kier molecular flexibility index (Phi) is 7.95. The topological polar surface area (TPSA) is 80.5 Å². The number of nitrogens with zero attached hydrogens (tertiary/aromatic N) is 4. The first-order valence-electron chi connectivity index (χ1n) is 10.4. The molecule has 184 valence electrons. The van der Waals surface area contributed by atoms with Crippen molar-refractivity contribution in [3.8, 4) is 11.3 Å². The molecule has 12 heteroatoms. The van der Waals surface area contributed by atoms with Gasteiger partial charge < -0.3 is 14.7 Å². The molecule has 4 rings (SSSR count). The maximum atomic E-state index is 10.6. The van der Waals surface area contributed by atoms with Crippen molar-refractivity contribution in [2.24, 2.45) is 0 Å². The Hall–Kier alpha value is -2.56. The van der Waals surface area contributed by atoms with Gasteiger partial charge in [-0.25, -0.2) is 9.78 Å². The maximum absolute atomic E-state index is 10.6. The summed E-state index contributed by atoms with van der Waals surface area (Å²) in [6.07, 6.45) is -4.05. The summed E-state index contributed by atoms with van der Waals surface area (Å²) in [5.74, 6) is -2.76. The van der Waals surface area contributed by atoms with Crippen molar-refractivity contribution in [1.82, 2.24) is 14.8 Å². The number of halogens is 5. The number of pyridine rings is 1. The second-order valence-corrected chi connectivity index (χ2v) is 8.53. The van der Waals surface area contributed by atoms with Gasteiger partial charge in [-0.15, -0.1) is 0 Å². The van der Waals surface area contributed by atoms with Crippen LogP contribution in [0.1, 0.15) is 19.0 Å². The van der Waals surface area contributed by atoms with Crippen molar-refractivity contribution in [1.29, 1.82) is 0 Å². The Morgan fingerprint density at radius 1 is 1.29 bits per heavy atom. The molecule has 0 fully saturated rings. The summed E-state index contributed by atoms with van der Waals surface area (Å²) in [5, 5.41) is 13.2. The predicted molar refractivity (Wildman–Crippen MR) is 125 cm³/mol. The highest BCUT2D eigenvalue weighted by Gasteiger charge is 2.38. The third kappa shape index (κ3) is 5.39. The first-order chi connectivity index (χ1) is 16.0. The molecule has 1 aliphatic heterocycles. The molecule has 0 saturated carbocycles. The molecule has 1 aromatic carbocycles. The first kappa shape index (κ1) is 26.1. The van der Waals surface area contributed by atoms with Crippen molar-refractivity contribution >= 4 is 45.9 Å². The van der Waals surface area contributed by atoms with E-state index < -0.39 is 12.1 Å². The highest BCUT2D eigenvalue weighted by Crippen LogP contribution is 2.40. The van der Waals surface area contributed by atoms with Gasteiger partial charge in [0, 0.05) is 36.0 Å². The average molecular weight is 519 g/mol. The van der Waals surface area contributed by atoms with E-state index in [1.54, 1.807) is 13.2 Å². The van der Waals surface area contributed by atoms with Crippen molar-refractivity contribution in [3.63, 3.8) is 0 Å². The number of carboxylic acids is 1. The number of hydrogen-bond acceptors (Lipinski definition) is 5. The Balaban J connectivity index is 0.000000406. The van der Waals surface area contributed by atoms with Crippen LogP contribution in [0.15, 0.2) is 24.3 Å². The van der Waals surface area contributed by atoms with E-state index >= 15 is 0 Å². The molecule has 7 nitrogen and oxygen atoms in total. The summed E-state index contributed by atoms with van der Waals surface area (Å²) in [6.45, 7) is 6.57. The molecule has 0 spiro atoms. The lowest BCUT2D eigenvalue weighted by Gasteiger charge is -2.37. The normalized spacial score (nSPS) is 15.3. The van der Waals surface area contributed by atoms with Crippen LogP contribution in [0.5, 0.6) is 0 Å². The van der Waals surface area contributed by atoms with Gasteiger partial charge in [0.05, 0.1) is 23.9 Å². The Labute approximate surface area is 204 Å². The molecule has 1 atom stereocenters. The van der Waals surface area contributed by atoms with Gasteiger partial charge in [-0.3, -0.25) is 4.68 Å². The van der Waals surface area contributed by atoms with Crippen LogP contribution in [0.2, 0.25) is 10.0 Å². The standard InChI is InChI=1S/C20H22Cl2N4O.C2HF3O2/c1-4-14-11-26-20-17(25(14)7-8-27-3)9-12(2)23-19(20)18(24-26)15-6-5-13(21)10-16(15)22;3-2(4,5)1(6)7/h5-6,9-10,14H,4,7-8,11H2,1-3H3;(H,6,7)/t14-;/m0./s1. The SMILES string of the molecule is CC[C@H]1Cn2nc(-c3ccc(Cl)cc3Cl)c3nc(C)cc(c32)N1CCOC.O=C(O)C(F)(F)F. The van der Waals surface area contributed by atoms with E-state index in [-0.39, 0.29) is 0 Å². The molecule has 1 N–H and O–H groups in total. The van der Waals surface area contributed by atoms with Crippen molar-refractivity contribution < 1.29 is 27.8 Å². The largest absolute Gasteiger partial charge is 0.490 e. The molecule has 34 heavy (non-hydrogen) atoms. The molecule has 0 radical (unpaired) electrons. The van der Waals surface area contributed by atoms with Crippen LogP contribution in [0.4, 0.5) is 18.9 Å². The summed E-state index contributed by atoms with van der Waals surface area (Å²) >= 11 is 12.6. The summed E-state index contributed by atoms with van der Waals surface area (Å²) in [6, 6.07) is 8.01. The molecule has 2 aromatic heterocycles. The number of aromatic nitrogens is 3. The molecular weight excluding hydrogens is 496 g/mol. The number of benzene rings is 1. The molecule has 0 unspecified atom stereocenters. The van der Waals surface area contributed by atoms with E-state index in [0.717, 1.165) is 53.2 Å². The monoisotopic (exact) mass is 518 g/mol. The lowest BCUT2D eigenvalue weighted by molar-refractivity contribution is -0.192. The number of hydrogen-bond donors (Lipinski definition) is 1. The molecule has 0 amide bonds. The fourth-order valence-electron chi connectivity index (χ4n) is 3.84. The average Bonchev–Trinajstić information content (AvgIpc) is 3.11. The molecule has 1 aliphatic rings. The van der Waals surface area contributed by atoms with E-state index in [0.29, 0.717) is 22.7 Å². The van der Waals surface area contributed by atoms with Gasteiger partial charge in [0.15, 0.2) is 0 Å². The minimum Gasteiger partial charge on any atom is -0.475 e. The highest BCUT2D eigenvalue weighted by molar-refractivity contribution is 6.36. The highest BCUT2D eigenvalue weighted by atomic mass is 35.5. The van der Waals surface area contributed by atoms with Crippen LogP contribution < -0.4 is 4.90 Å². The molecule has 0 aliphatic carbocycles. The minimum atomic E-state index is -5.08. The smallest absolute Gasteiger partial charge is 0.475 e. The van der Waals surface area contributed by atoms with E-state index in [1.807, 2.05) is 19.1 Å². The van der Waals surface area contributed by atoms with E-state index in [4.69, 9.17) is 47.9 Å². The van der Waals surface area contributed by atoms with E-state index in [9.17, 15) is 13.2 Å². The zero-order valence-corrected chi connectivity index (χ0v) is 20.2. The molecule has 0 bridgehead atoms. The van der Waals surface area contributed by atoms with Gasteiger partial charge in [-0.1, -0.05) is 30.1 Å². The number of rotatable bonds is 5. The fourth-order valence-corrected chi connectivity index (χ4v) is 4.34. The molecule has 0 saturated heterocycles. The zero-order valence-electron chi connectivity index (χ0n) is 18.7. The summed E-state index contributed by atoms with van der Waals surface area (Å²) in [7, 11) is 1.74. The van der Waals surface area contributed by atoms with Gasteiger partial charge in [0.1, 0.15) is 16.7 Å². The van der Waals surface area contributed by atoms with Gasteiger partial charge in [0.2, 0.25) is 0 Å². The number of carbonyl (C=O) groups is 1. The zero-order chi connectivity index (χ0) is 25.2. The van der Waals surface area contributed by atoms with Gasteiger partial charge in [-0.2, -0.15) is 18.3 Å². The van der Waals surface area contributed by atoms with Crippen molar-refractivity contribution in [2.45, 2.75) is 39.0 Å². The Bertz CT molecular complexity index is 1200. The van der Waals surface area contributed by atoms with Gasteiger partial charge in [0.25, 0.3) is 0 Å². The van der Waals surface area contributed by atoms with Gasteiger partial charge in [-0.05, 0) is 37.6 Å². The van der Waals surface area contributed by atoms with Crippen LogP contribution >= 0.6 is 23.2 Å². The number of methoxy groups -OCH3 is 1. The van der Waals surface area contributed by atoms with Crippen LogP contribution in [-0.4, -0.2) is 58.3 Å². The van der Waals surface area contributed by atoms with Crippen LogP contribution in [0.3, 0.4) is 0 Å². The maximum Gasteiger partial charge on any atom is 0.490 e.